The topological polar surface area (TPSA) is 12.9 Å². The van der Waals surface area contributed by atoms with Crippen LogP contribution in [0.5, 0.6) is 0 Å². The van der Waals surface area contributed by atoms with Gasteiger partial charge in [0.25, 0.3) is 0 Å². The highest BCUT2D eigenvalue weighted by atomic mass is 127. The van der Waals surface area contributed by atoms with E-state index in [0.29, 0.717) is 9.09 Å². The summed E-state index contributed by atoms with van der Waals surface area (Å²) in [7, 11) is 0. The van der Waals surface area contributed by atoms with Gasteiger partial charge in [0.15, 0.2) is 0 Å². The molecule has 0 atom stereocenters. The summed E-state index contributed by atoms with van der Waals surface area (Å²) in [5.41, 5.74) is -0.255. The van der Waals surface area contributed by atoms with Gasteiger partial charge in [-0.05, 0) is 40.8 Å². The van der Waals surface area contributed by atoms with Gasteiger partial charge in [0.05, 0.1) is 11.1 Å². The number of fused-ring (bicyclic) bond motifs is 1. The molecule has 5 heteroatoms. The quantitative estimate of drug-likeness (QED) is 0.671. The molecule has 15 heavy (non-hydrogen) atoms. The summed E-state index contributed by atoms with van der Waals surface area (Å²) in [6.07, 6.45) is -2.83. The van der Waals surface area contributed by atoms with Gasteiger partial charge in [-0.3, -0.25) is 4.98 Å². The highest BCUT2D eigenvalue weighted by Gasteiger charge is 2.33. The van der Waals surface area contributed by atoms with Crippen molar-refractivity contribution < 1.29 is 13.2 Å². The van der Waals surface area contributed by atoms with Gasteiger partial charge in [0.2, 0.25) is 0 Å². The van der Waals surface area contributed by atoms with Gasteiger partial charge in [0.1, 0.15) is 0 Å². The number of alkyl halides is 3. The number of rotatable bonds is 0. The van der Waals surface area contributed by atoms with Crippen LogP contribution in [0.2, 0.25) is 0 Å². The summed E-state index contributed by atoms with van der Waals surface area (Å²) in [6, 6.07) is 5.59. The lowest BCUT2D eigenvalue weighted by Gasteiger charge is -2.10. The minimum Gasteiger partial charge on any atom is -0.256 e. The first kappa shape index (κ1) is 10.7. The number of hydrogen-bond donors (Lipinski definition) is 0. The van der Waals surface area contributed by atoms with Gasteiger partial charge in [-0.25, -0.2) is 0 Å². The molecule has 1 nitrogen and oxygen atoms in total. The zero-order chi connectivity index (χ0) is 11.1. The lowest BCUT2D eigenvalue weighted by Crippen LogP contribution is -2.06. The zero-order valence-corrected chi connectivity index (χ0v) is 9.50. The number of nitrogens with zero attached hydrogens (tertiary/aromatic N) is 1. The Morgan fingerprint density at radius 3 is 2.53 bits per heavy atom. The molecule has 1 aromatic carbocycles. The molecule has 0 aliphatic heterocycles. The van der Waals surface area contributed by atoms with Crippen molar-refractivity contribution >= 4 is 33.5 Å². The maximum absolute atomic E-state index is 12.7. The smallest absolute Gasteiger partial charge is 0.256 e. The first-order valence-electron chi connectivity index (χ1n) is 4.10. The second-order valence-electron chi connectivity index (χ2n) is 2.99. The lowest BCUT2D eigenvalue weighted by molar-refractivity contribution is -0.136. The Hall–Kier alpha value is -0.850. The van der Waals surface area contributed by atoms with Crippen molar-refractivity contribution in [1.29, 1.82) is 0 Å². The molecule has 0 unspecified atom stereocenters. The van der Waals surface area contributed by atoms with Crippen molar-refractivity contribution in [3.63, 3.8) is 0 Å². The van der Waals surface area contributed by atoms with Crippen molar-refractivity contribution in [3.8, 4) is 0 Å². The summed E-state index contributed by atoms with van der Waals surface area (Å²) in [5.74, 6) is 0. The van der Waals surface area contributed by atoms with Crippen molar-refractivity contribution in [2.75, 3.05) is 0 Å². The second-order valence-corrected chi connectivity index (χ2v) is 4.15. The first-order chi connectivity index (χ1) is 7.00. The van der Waals surface area contributed by atoms with Crippen LogP contribution in [-0.4, -0.2) is 4.98 Å². The molecule has 0 fully saturated rings. The molecule has 0 saturated heterocycles. The Bertz CT molecular complexity index is 502. The van der Waals surface area contributed by atoms with Crippen LogP contribution in [0.3, 0.4) is 0 Å². The molecule has 2 aromatic rings. The lowest BCUT2D eigenvalue weighted by atomic mass is 10.1. The van der Waals surface area contributed by atoms with E-state index < -0.39 is 11.7 Å². The standard InChI is InChI=1S/C10H5F3IN/c11-10(12,13)6-2-1-3-8-9(6)7(14)4-5-15-8/h1-5H. The largest absolute Gasteiger partial charge is 0.417 e. The predicted molar refractivity (Wildman–Crippen MR) is 59.5 cm³/mol. The van der Waals surface area contributed by atoms with E-state index in [1.165, 1.54) is 12.3 Å². The second kappa shape index (κ2) is 3.62. The third kappa shape index (κ3) is 1.92. The fourth-order valence-corrected chi connectivity index (χ4v) is 2.13. The van der Waals surface area contributed by atoms with Crippen LogP contribution < -0.4 is 0 Å². The Morgan fingerprint density at radius 2 is 1.87 bits per heavy atom. The molecule has 0 amide bonds. The van der Waals surface area contributed by atoms with Gasteiger partial charge < -0.3 is 0 Å². The molecule has 0 aliphatic carbocycles. The first-order valence-corrected chi connectivity index (χ1v) is 5.18. The van der Waals surface area contributed by atoms with Gasteiger partial charge in [0, 0.05) is 15.2 Å². The average Bonchev–Trinajstić information content (AvgIpc) is 2.16. The predicted octanol–water partition coefficient (Wildman–Crippen LogP) is 3.86. The van der Waals surface area contributed by atoms with Crippen LogP contribution in [0.4, 0.5) is 13.2 Å². The van der Waals surface area contributed by atoms with E-state index in [1.54, 1.807) is 12.1 Å². The number of pyridine rings is 1. The van der Waals surface area contributed by atoms with E-state index in [9.17, 15) is 13.2 Å². The molecular formula is C10H5F3IN. The van der Waals surface area contributed by atoms with Crippen LogP contribution in [0.15, 0.2) is 30.5 Å². The summed E-state index contributed by atoms with van der Waals surface area (Å²) >= 11 is 1.88. The Kier molecular flexibility index (Phi) is 2.57. The minimum atomic E-state index is -4.33. The van der Waals surface area contributed by atoms with Crippen LogP contribution in [0.1, 0.15) is 5.56 Å². The summed E-state index contributed by atoms with van der Waals surface area (Å²) in [6.45, 7) is 0. The molecular weight excluding hydrogens is 318 g/mol. The Morgan fingerprint density at radius 1 is 1.13 bits per heavy atom. The number of aromatic nitrogens is 1. The molecule has 0 N–H and O–H groups in total. The van der Waals surface area contributed by atoms with Crippen molar-refractivity contribution in [2.24, 2.45) is 0 Å². The molecule has 0 radical (unpaired) electrons. The molecule has 2 rings (SSSR count). The van der Waals surface area contributed by atoms with Crippen molar-refractivity contribution in [1.82, 2.24) is 4.98 Å². The SMILES string of the molecule is FC(F)(F)c1cccc2nccc(I)c12. The highest BCUT2D eigenvalue weighted by molar-refractivity contribution is 14.1. The Balaban J connectivity index is 2.86. The number of hydrogen-bond acceptors (Lipinski definition) is 1. The van der Waals surface area contributed by atoms with E-state index in [1.807, 2.05) is 22.6 Å². The van der Waals surface area contributed by atoms with E-state index in [-0.39, 0.29) is 5.39 Å². The maximum Gasteiger partial charge on any atom is 0.417 e. The van der Waals surface area contributed by atoms with Crippen LogP contribution >= 0.6 is 22.6 Å². The fourth-order valence-electron chi connectivity index (χ4n) is 1.40. The van der Waals surface area contributed by atoms with Gasteiger partial charge >= 0.3 is 6.18 Å². The number of halogens is 4. The number of benzene rings is 1. The third-order valence-electron chi connectivity index (χ3n) is 2.02. The molecule has 0 aliphatic rings. The van der Waals surface area contributed by atoms with Gasteiger partial charge in [-0.2, -0.15) is 13.2 Å². The highest BCUT2D eigenvalue weighted by Crippen LogP contribution is 2.35. The monoisotopic (exact) mass is 323 g/mol. The van der Waals surface area contributed by atoms with E-state index in [0.717, 1.165) is 6.07 Å². The molecule has 1 heterocycles. The van der Waals surface area contributed by atoms with Crippen LogP contribution in [0.25, 0.3) is 10.9 Å². The molecule has 0 saturated carbocycles. The van der Waals surface area contributed by atoms with E-state index in [4.69, 9.17) is 0 Å². The summed E-state index contributed by atoms with van der Waals surface area (Å²) in [5, 5.41) is 0.174. The molecule has 78 valence electrons. The summed E-state index contributed by atoms with van der Waals surface area (Å²) < 4.78 is 38.6. The molecule has 0 spiro atoms. The normalized spacial score (nSPS) is 12.0. The Labute approximate surface area is 97.5 Å². The van der Waals surface area contributed by atoms with Gasteiger partial charge in [-0.15, -0.1) is 0 Å². The van der Waals surface area contributed by atoms with Crippen LogP contribution in [0, 0.1) is 3.57 Å². The van der Waals surface area contributed by atoms with E-state index >= 15 is 0 Å². The molecule has 1 aromatic heterocycles. The zero-order valence-electron chi connectivity index (χ0n) is 7.35. The average molecular weight is 323 g/mol. The third-order valence-corrected chi connectivity index (χ3v) is 2.92. The summed E-state index contributed by atoms with van der Waals surface area (Å²) in [4.78, 5) is 3.91. The molecule has 0 bridgehead atoms. The maximum atomic E-state index is 12.7. The van der Waals surface area contributed by atoms with Gasteiger partial charge in [-0.1, -0.05) is 6.07 Å². The van der Waals surface area contributed by atoms with Crippen LogP contribution in [-0.2, 0) is 6.18 Å². The van der Waals surface area contributed by atoms with Crippen molar-refractivity contribution in [2.45, 2.75) is 6.18 Å². The minimum absolute atomic E-state index is 0.174. The fraction of sp³-hybridized carbons (Fsp3) is 0.100. The van der Waals surface area contributed by atoms with E-state index in [2.05, 4.69) is 4.98 Å². The van der Waals surface area contributed by atoms with Crippen molar-refractivity contribution in [3.05, 3.63) is 39.6 Å².